The molecule has 1 aromatic carbocycles. The van der Waals surface area contributed by atoms with E-state index in [-0.39, 0.29) is 17.5 Å². The van der Waals surface area contributed by atoms with Crippen molar-refractivity contribution in [3.63, 3.8) is 0 Å². The number of halogens is 1. The quantitative estimate of drug-likeness (QED) is 0.858. The van der Waals surface area contributed by atoms with Crippen molar-refractivity contribution in [1.29, 1.82) is 0 Å². The molecule has 1 N–H and O–H groups in total. The van der Waals surface area contributed by atoms with Crippen LogP contribution >= 0.6 is 11.6 Å². The first-order chi connectivity index (χ1) is 9.20. The minimum absolute atomic E-state index is 0.0254. The fourth-order valence-electron chi connectivity index (χ4n) is 2.71. The van der Waals surface area contributed by atoms with E-state index in [1.54, 1.807) is 23.1 Å². The molecule has 104 valence electrons. The smallest absolute Gasteiger partial charge is 0.241 e. The number of nitrogens with zero attached hydrogens (tertiary/aromatic N) is 1. The van der Waals surface area contributed by atoms with Gasteiger partial charge in [-0.2, -0.15) is 0 Å². The summed E-state index contributed by atoms with van der Waals surface area (Å²) in [6.45, 7) is 0.703. The largest absolute Gasteiger partial charge is 0.508 e. The summed E-state index contributed by atoms with van der Waals surface area (Å²) in [5.41, 5.74) is 0.733. The van der Waals surface area contributed by atoms with Crippen LogP contribution in [0.4, 0.5) is 5.69 Å². The van der Waals surface area contributed by atoms with Crippen molar-refractivity contribution in [3.05, 3.63) is 24.3 Å². The minimum Gasteiger partial charge on any atom is -0.508 e. The van der Waals surface area contributed by atoms with Crippen molar-refractivity contribution in [1.82, 2.24) is 0 Å². The van der Waals surface area contributed by atoms with Crippen LogP contribution in [0.5, 0.6) is 5.75 Å². The van der Waals surface area contributed by atoms with Gasteiger partial charge >= 0.3 is 0 Å². The topological polar surface area (TPSA) is 40.5 Å². The normalized spacial score (nSPS) is 16.3. The number of alkyl halides is 1. The fraction of sp³-hybridized carbons (Fsp3) is 0.533. The highest BCUT2D eigenvalue weighted by Gasteiger charge is 2.21. The maximum absolute atomic E-state index is 12.0. The summed E-state index contributed by atoms with van der Waals surface area (Å²) in [5.74, 6) is 0.595. The van der Waals surface area contributed by atoms with Crippen molar-refractivity contribution >= 4 is 23.2 Å². The van der Waals surface area contributed by atoms with Gasteiger partial charge in [-0.25, -0.2) is 0 Å². The van der Waals surface area contributed by atoms with Crippen molar-refractivity contribution in [2.45, 2.75) is 32.1 Å². The average Bonchev–Trinajstić information content (AvgIpc) is 2.45. The first-order valence-corrected chi connectivity index (χ1v) is 7.39. The Kier molecular flexibility index (Phi) is 5.08. The second kappa shape index (κ2) is 6.80. The van der Waals surface area contributed by atoms with Gasteiger partial charge in [0, 0.05) is 18.3 Å². The number of phenolic OH excluding ortho intramolecular Hbond substituents is 1. The van der Waals surface area contributed by atoms with Crippen LogP contribution in [0.1, 0.15) is 32.1 Å². The molecule has 1 aliphatic rings. The lowest BCUT2D eigenvalue weighted by molar-refractivity contribution is -0.116. The number of carbonyl (C=O) groups excluding carboxylic acids is 1. The van der Waals surface area contributed by atoms with Crippen LogP contribution in [0.3, 0.4) is 0 Å². The highest BCUT2D eigenvalue weighted by molar-refractivity contribution is 6.29. The third-order valence-electron chi connectivity index (χ3n) is 3.72. The maximum atomic E-state index is 12.0. The molecule has 0 aromatic heterocycles. The van der Waals surface area contributed by atoms with Crippen LogP contribution in [-0.2, 0) is 4.79 Å². The molecule has 19 heavy (non-hydrogen) atoms. The Morgan fingerprint density at radius 1 is 1.32 bits per heavy atom. The number of hydrogen-bond donors (Lipinski definition) is 1. The Hall–Kier alpha value is -1.22. The third kappa shape index (κ3) is 3.87. The number of amides is 1. The number of aromatic hydroxyl groups is 1. The second-order valence-electron chi connectivity index (χ2n) is 5.16. The summed E-state index contributed by atoms with van der Waals surface area (Å²) in [5, 5.41) is 9.55. The van der Waals surface area contributed by atoms with Crippen LogP contribution in [0, 0.1) is 5.92 Å². The van der Waals surface area contributed by atoms with E-state index in [9.17, 15) is 9.90 Å². The van der Waals surface area contributed by atoms with Gasteiger partial charge < -0.3 is 10.0 Å². The molecule has 0 radical (unpaired) electrons. The summed E-state index contributed by atoms with van der Waals surface area (Å²) < 4.78 is 0. The first-order valence-electron chi connectivity index (χ1n) is 6.86. The van der Waals surface area contributed by atoms with E-state index in [1.807, 2.05) is 6.07 Å². The fourth-order valence-corrected chi connectivity index (χ4v) is 2.86. The standard InChI is InChI=1S/C15H20ClNO2/c16-10-15(19)17(11-12-5-2-1-3-6-12)13-7-4-8-14(18)9-13/h4,7-9,12,18H,1-3,5-6,10-11H2. The third-order valence-corrected chi connectivity index (χ3v) is 3.95. The molecule has 1 aromatic rings. The Balaban J connectivity index is 2.13. The van der Waals surface area contributed by atoms with E-state index >= 15 is 0 Å². The highest BCUT2D eigenvalue weighted by atomic mass is 35.5. The lowest BCUT2D eigenvalue weighted by Crippen LogP contribution is -2.36. The van der Waals surface area contributed by atoms with E-state index < -0.39 is 0 Å². The van der Waals surface area contributed by atoms with Crippen LogP contribution < -0.4 is 4.90 Å². The number of carbonyl (C=O) groups is 1. The van der Waals surface area contributed by atoms with Gasteiger partial charge in [-0.1, -0.05) is 25.3 Å². The van der Waals surface area contributed by atoms with Gasteiger partial charge in [-0.15, -0.1) is 11.6 Å². The molecule has 0 atom stereocenters. The molecule has 0 unspecified atom stereocenters. The van der Waals surface area contributed by atoms with Crippen LogP contribution in [0.15, 0.2) is 24.3 Å². The van der Waals surface area contributed by atoms with E-state index in [0.717, 1.165) is 5.69 Å². The number of phenols is 1. The Labute approximate surface area is 119 Å². The summed E-state index contributed by atoms with van der Waals surface area (Å²) in [6, 6.07) is 6.81. The molecule has 0 aliphatic heterocycles. The van der Waals surface area contributed by atoms with E-state index in [1.165, 1.54) is 32.1 Å². The monoisotopic (exact) mass is 281 g/mol. The zero-order chi connectivity index (χ0) is 13.7. The minimum atomic E-state index is -0.0992. The number of hydrogen-bond acceptors (Lipinski definition) is 2. The first kappa shape index (κ1) is 14.2. The molecule has 3 nitrogen and oxygen atoms in total. The van der Waals surface area contributed by atoms with Gasteiger partial charge in [0.15, 0.2) is 0 Å². The predicted octanol–water partition coefficient (Wildman–Crippen LogP) is 3.54. The molecular formula is C15H20ClNO2. The Morgan fingerprint density at radius 2 is 2.05 bits per heavy atom. The van der Waals surface area contributed by atoms with Crippen LogP contribution in [0.2, 0.25) is 0 Å². The molecule has 1 amide bonds. The highest BCUT2D eigenvalue weighted by Crippen LogP contribution is 2.28. The molecule has 0 bridgehead atoms. The van der Waals surface area contributed by atoms with Gasteiger partial charge in [0.2, 0.25) is 5.91 Å². The zero-order valence-corrected chi connectivity index (χ0v) is 11.8. The summed E-state index contributed by atoms with van der Waals surface area (Å²) in [6.07, 6.45) is 6.13. The molecule has 0 heterocycles. The number of anilines is 1. The predicted molar refractivity (Wildman–Crippen MR) is 77.8 cm³/mol. The van der Waals surface area contributed by atoms with Crippen molar-refractivity contribution in [2.24, 2.45) is 5.92 Å². The Morgan fingerprint density at radius 3 is 2.68 bits per heavy atom. The summed E-state index contributed by atoms with van der Waals surface area (Å²) in [7, 11) is 0. The van der Waals surface area contributed by atoms with Gasteiger partial charge in [-0.05, 0) is 30.9 Å². The molecule has 0 saturated heterocycles. The van der Waals surface area contributed by atoms with E-state index in [0.29, 0.717) is 12.5 Å². The number of benzene rings is 1. The summed E-state index contributed by atoms with van der Waals surface area (Å²) in [4.78, 5) is 13.7. The van der Waals surface area contributed by atoms with E-state index in [4.69, 9.17) is 11.6 Å². The van der Waals surface area contributed by atoms with Crippen LogP contribution in [-0.4, -0.2) is 23.4 Å². The SMILES string of the molecule is O=C(CCl)N(CC1CCCCC1)c1cccc(O)c1. The molecular weight excluding hydrogens is 262 g/mol. The molecule has 0 spiro atoms. The average molecular weight is 282 g/mol. The molecule has 1 fully saturated rings. The van der Waals surface area contributed by atoms with Crippen molar-refractivity contribution < 1.29 is 9.90 Å². The summed E-state index contributed by atoms with van der Waals surface area (Å²) >= 11 is 5.70. The van der Waals surface area contributed by atoms with Crippen LogP contribution in [0.25, 0.3) is 0 Å². The van der Waals surface area contributed by atoms with Gasteiger partial charge in [0.1, 0.15) is 11.6 Å². The molecule has 1 saturated carbocycles. The zero-order valence-electron chi connectivity index (χ0n) is 11.0. The number of rotatable bonds is 4. The second-order valence-corrected chi connectivity index (χ2v) is 5.43. The molecule has 4 heteroatoms. The van der Waals surface area contributed by atoms with E-state index in [2.05, 4.69) is 0 Å². The van der Waals surface area contributed by atoms with Crippen molar-refractivity contribution in [2.75, 3.05) is 17.3 Å². The lowest BCUT2D eigenvalue weighted by atomic mass is 9.89. The maximum Gasteiger partial charge on any atom is 0.241 e. The molecule has 2 rings (SSSR count). The van der Waals surface area contributed by atoms with Gasteiger partial charge in [0.25, 0.3) is 0 Å². The van der Waals surface area contributed by atoms with Crippen molar-refractivity contribution in [3.8, 4) is 5.75 Å². The Bertz CT molecular complexity index is 430. The van der Waals surface area contributed by atoms with Gasteiger partial charge in [-0.3, -0.25) is 4.79 Å². The molecule has 1 aliphatic carbocycles. The lowest BCUT2D eigenvalue weighted by Gasteiger charge is -2.29. The van der Waals surface area contributed by atoms with Gasteiger partial charge in [0.05, 0.1) is 0 Å².